The van der Waals surface area contributed by atoms with Crippen molar-refractivity contribution in [2.24, 2.45) is 0 Å². The first kappa shape index (κ1) is 13.9. The van der Waals surface area contributed by atoms with E-state index in [1.807, 2.05) is 6.07 Å². The van der Waals surface area contributed by atoms with Crippen LogP contribution in [0, 0.1) is 11.3 Å². The molecule has 0 N–H and O–H groups in total. The summed E-state index contributed by atoms with van der Waals surface area (Å²) >= 11 is 1.61. The number of hydrogen-bond acceptors (Lipinski definition) is 5. The fraction of sp³-hybridized carbons (Fsp3) is 0.562. The van der Waals surface area contributed by atoms with E-state index in [4.69, 9.17) is 5.26 Å². The Morgan fingerprint density at radius 2 is 2.23 bits per heavy atom. The number of aryl methyl sites for hydroxylation is 1. The van der Waals surface area contributed by atoms with E-state index in [0.29, 0.717) is 5.92 Å². The normalized spacial score (nSPS) is 21.7. The first-order valence-corrected chi connectivity index (χ1v) is 8.78. The number of aromatic nitrogens is 3. The van der Waals surface area contributed by atoms with Gasteiger partial charge in [-0.1, -0.05) is 0 Å². The Kier molecular flexibility index (Phi) is 3.68. The maximum absolute atomic E-state index is 8.94. The van der Waals surface area contributed by atoms with Crippen molar-refractivity contribution in [3.05, 3.63) is 33.5 Å². The van der Waals surface area contributed by atoms with Crippen molar-refractivity contribution in [2.45, 2.75) is 44.7 Å². The quantitative estimate of drug-likeness (QED) is 0.874. The van der Waals surface area contributed by atoms with E-state index >= 15 is 0 Å². The highest BCUT2D eigenvalue weighted by molar-refractivity contribution is 7.12. The molecule has 1 fully saturated rings. The van der Waals surface area contributed by atoms with E-state index in [2.05, 4.69) is 31.8 Å². The summed E-state index contributed by atoms with van der Waals surface area (Å²) in [7, 11) is 0. The number of hydrogen-bond donors (Lipinski definition) is 0. The van der Waals surface area contributed by atoms with Crippen molar-refractivity contribution in [1.29, 1.82) is 5.26 Å². The van der Waals surface area contributed by atoms with Gasteiger partial charge in [0.15, 0.2) is 0 Å². The van der Waals surface area contributed by atoms with Gasteiger partial charge in [0.25, 0.3) is 0 Å². The van der Waals surface area contributed by atoms with Crippen LogP contribution in [0.15, 0.2) is 12.1 Å². The Morgan fingerprint density at radius 3 is 3.09 bits per heavy atom. The Balaban J connectivity index is 1.46. The monoisotopic (exact) mass is 313 g/mol. The predicted octanol–water partition coefficient (Wildman–Crippen LogP) is 2.54. The van der Waals surface area contributed by atoms with Crippen molar-refractivity contribution in [1.82, 2.24) is 19.7 Å². The molecule has 0 saturated carbocycles. The molecule has 4 heterocycles. The van der Waals surface area contributed by atoms with Crippen LogP contribution in [0.5, 0.6) is 0 Å². The summed E-state index contributed by atoms with van der Waals surface area (Å²) in [5.74, 6) is 2.87. The molecule has 0 unspecified atom stereocenters. The minimum Gasteiger partial charge on any atom is -0.315 e. The topological polar surface area (TPSA) is 57.7 Å². The molecule has 4 rings (SSSR count). The zero-order chi connectivity index (χ0) is 14.9. The first-order chi connectivity index (χ1) is 10.8. The minimum absolute atomic E-state index is 0.503. The van der Waals surface area contributed by atoms with Crippen LogP contribution in [0.25, 0.3) is 0 Å². The molecule has 0 aromatic carbocycles. The van der Waals surface area contributed by atoms with E-state index in [1.54, 1.807) is 11.3 Å². The standard InChI is InChI=1S/C16H19N5S/c17-9-13-5-6-14(22-13)11-20-7-1-3-12(10-20)16-19-18-15-4-2-8-21(15)16/h5-6,12H,1-4,7-8,10-11H2/t12-/m0/s1. The van der Waals surface area contributed by atoms with Gasteiger partial charge in [0.2, 0.25) is 0 Å². The highest BCUT2D eigenvalue weighted by Gasteiger charge is 2.28. The lowest BCUT2D eigenvalue weighted by molar-refractivity contribution is 0.196. The van der Waals surface area contributed by atoms with Crippen molar-refractivity contribution < 1.29 is 0 Å². The third-order valence-electron chi connectivity index (χ3n) is 4.66. The molecule has 0 radical (unpaired) electrons. The van der Waals surface area contributed by atoms with Gasteiger partial charge < -0.3 is 4.57 Å². The number of nitrogens with zero attached hydrogens (tertiary/aromatic N) is 5. The Bertz CT molecular complexity index is 710. The van der Waals surface area contributed by atoms with E-state index in [1.165, 1.54) is 35.8 Å². The Hall–Kier alpha value is -1.71. The van der Waals surface area contributed by atoms with Gasteiger partial charge in [0.05, 0.1) is 0 Å². The second kappa shape index (κ2) is 5.82. The van der Waals surface area contributed by atoms with Crippen LogP contribution in [-0.2, 0) is 19.5 Å². The highest BCUT2D eigenvalue weighted by atomic mass is 32.1. The van der Waals surface area contributed by atoms with Crippen LogP contribution in [0.2, 0.25) is 0 Å². The second-order valence-corrected chi connectivity index (χ2v) is 7.35. The van der Waals surface area contributed by atoms with E-state index in [9.17, 15) is 0 Å². The molecule has 0 spiro atoms. The zero-order valence-electron chi connectivity index (χ0n) is 12.5. The SMILES string of the molecule is N#Cc1ccc(CN2CCC[C@H](c3nnc4n3CCC4)C2)s1. The van der Waals surface area contributed by atoms with Crippen LogP contribution in [0.4, 0.5) is 0 Å². The summed E-state index contributed by atoms with van der Waals surface area (Å²) < 4.78 is 2.34. The molecular formula is C16H19N5S. The van der Waals surface area contributed by atoms with Crippen LogP contribution >= 0.6 is 11.3 Å². The molecule has 5 nitrogen and oxygen atoms in total. The summed E-state index contributed by atoms with van der Waals surface area (Å²) in [4.78, 5) is 4.58. The number of piperidine rings is 1. The van der Waals surface area contributed by atoms with E-state index in [0.717, 1.165) is 37.5 Å². The third-order valence-corrected chi connectivity index (χ3v) is 5.63. The molecule has 2 aromatic rings. The van der Waals surface area contributed by atoms with Crippen LogP contribution in [0.1, 0.15) is 46.6 Å². The van der Waals surface area contributed by atoms with Crippen molar-refractivity contribution in [3.63, 3.8) is 0 Å². The predicted molar refractivity (Wildman–Crippen MR) is 84.6 cm³/mol. The second-order valence-electron chi connectivity index (χ2n) is 6.18. The molecule has 0 amide bonds. The average Bonchev–Trinajstić information content (AvgIpc) is 3.23. The van der Waals surface area contributed by atoms with Gasteiger partial charge >= 0.3 is 0 Å². The fourth-order valence-electron chi connectivity index (χ4n) is 3.63. The molecule has 6 heteroatoms. The number of nitriles is 1. The Labute approximate surface area is 134 Å². The summed E-state index contributed by atoms with van der Waals surface area (Å²) in [6.07, 6.45) is 4.71. The van der Waals surface area contributed by atoms with Crippen molar-refractivity contribution in [3.8, 4) is 6.07 Å². The molecule has 114 valence electrons. The molecular weight excluding hydrogens is 294 g/mol. The Morgan fingerprint density at radius 1 is 1.27 bits per heavy atom. The number of likely N-dealkylation sites (tertiary alicyclic amines) is 1. The van der Waals surface area contributed by atoms with Gasteiger partial charge in [0, 0.05) is 36.9 Å². The minimum atomic E-state index is 0.503. The lowest BCUT2D eigenvalue weighted by Crippen LogP contribution is -2.34. The number of thiophene rings is 1. The lowest BCUT2D eigenvalue weighted by atomic mass is 9.97. The van der Waals surface area contributed by atoms with E-state index < -0.39 is 0 Å². The van der Waals surface area contributed by atoms with Gasteiger partial charge in [-0.3, -0.25) is 4.90 Å². The lowest BCUT2D eigenvalue weighted by Gasteiger charge is -2.31. The molecule has 2 aliphatic rings. The van der Waals surface area contributed by atoms with E-state index in [-0.39, 0.29) is 0 Å². The van der Waals surface area contributed by atoms with Crippen LogP contribution in [-0.4, -0.2) is 32.8 Å². The summed E-state index contributed by atoms with van der Waals surface area (Å²) in [5.41, 5.74) is 0. The third kappa shape index (κ3) is 2.55. The molecule has 1 atom stereocenters. The summed E-state index contributed by atoms with van der Waals surface area (Å²) in [6.45, 7) is 4.23. The maximum Gasteiger partial charge on any atom is 0.137 e. The molecule has 2 aromatic heterocycles. The molecule has 0 bridgehead atoms. The van der Waals surface area contributed by atoms with Gasteiger partial charge in [-0.15, -0.1) is 21.5 Å². The smallest absolute Gasteiger partial charge is 0.137 e. The van der Waals surface area contributed by atoms with Crippen molar-refractivity contribution in [2.75, 3.05) is 13.1 Å². The number of fused-ring (bicyclic) bond motifs is 1. The molecule has 1 saturated heterocycles. The summed E-state index contributed by atoms with van der Waals surface area (Å²) in [5, 5.41) is 17.8. The largest absolute Gasteiger partial charge is 0.315 e. The van der Waals surface area contributed by atoms with Crippen LogP contribution in [0.3, 0.4) is 0 Å². The first-order valence-electron chi connectivity index (χ1n) is 7.96. The van der Waals surface area contributed by atoms with Crippen molar-refractivity contribution >= 4 is 11.3 Å². The van der Waals surface area contributed by atoms with Gasteiger partial charge in [0.1, 0.15) is 22.6 Å². The van der Waals surface area contributed by atoms with Gasteiger partial charge in [-0.25, -0.2) is 0 Å². The van der Waals surface area contributed by atoms with Crippen LogP contribution < -0.4 is 0 Å². The molecule has 0 aliphatic carbocycles. The highest BCUT2D eigenvalue weighted by Crippen LogP contribution is 2.29. The average molecular weight is 313 g/mol. The molecule has 2 aliphatic heterocycles. The number of rotatable bonds is 3. The molecule has 22 heavy (non-hydrogen) atoms. The summed E-state index contributed by atoms with van der Waals surface area (Å²) in [6, 6.07) is 6.23. The zero-order valence-corrected chi connectivity index (χ0v) is 13.3. The maximum atomic E-state index is 8.94. The van der Waals surface area contributed by atoms with Gasteiger partial charge in [-0.2, -0.15) is 5.26 Å². The fourth-order valence-corrected chi connectivity index (χ4v) is 4.48. The van der Waals surface area contributed by atoms with Gasteiger partial charge in [-0.05, 0) is 37.9 Å².